The van der Waals surface area contributed by atoms with E-state index in [4.69, 9.17) is 0 Å². The first kappa shape index (κ1) is 16.9. The number of nitrogens with one attached hydrogen (secondary N) is 2. The van der Waals surface area contributed by atoms with E-state index in [1.54, 1.807) is 17.5 Å². The summed E-state index contributed by atoms with van der Waals surface area (Å²) in [6.45, 7) is 0. The van der Waals surface area contributed by atoms with Crippen molar-refractivity contribution in [1.82, 2.24) is 25.4 Å². The number of hydrogen-bond acceptors (Lipinski definition) is 5. The van der Waals surface area contributed by atoms with Crippen molar-refractivity contribution in [3.63, 3.8) is 0 Å². The third-order valence-corrected chi connectivity index (χ3v) is 6.95. The second-order valence-electron chi connectivity index (χ2n) is 7.72. The molecule has 2 aromatic heterocycles. The lowest BCUT2D eigenvalue weighted by Crippen LogP contribution is -2.55. The molecule has 4 heterocycles. The Balaban J connectivity index is 1.35. The Labute approximate surface area is 162 Å². The van der Waals surface area contributed by atoms with E-state index in [0.29, 0.717) is 17.8 Å². The number of fused-ring (bicyclic) bond motifs is 3. The number of piperidine rings is 2. The molecule has 0 saturated carbocycles. The molecule has 1 aromatic carbocycles. The molecule has 140 valence electrons. The highest BCUT2D eigenvalue weighted by Gasteiger charge is 2.36. The molecule has 3 atom stereocenters. The normalized spacial score (nSPS) is 25.6. The van der Waals surface area contributed by atoms with Crippen molar-refractivity contribution in [3.8, 4) is 10.6 Å². The van der Waals surface area contributed by atoms with E-state index in [9.17, 15) is 4.79 Å². The number of aromatic amines is 1. The molecule has 7 heteroatoms. The maximum absolute atomic E-state index is 12.9. The largest absolute Gasteiger partial charge is 0.348 e. The molecular weight excluding hydrogens is 358 g/mol. The van der Waals surface area contributed by atoms with E-state index in [0.717, 1.165) is 34.3 Å². The van der Waals surface area contributed by atoms with Gasteiger partial charge in [0.05, 0.1) is 5.52 Å². The number of rotatable bonds is 3. The molecule has 5 rings (SSSR count). The summed E-state index contributed by atoms with van der Waals surface area (Å²) >= 11 is 1.60. The van der Waals surface area contributed by atoms with E-state index in [1.807, 2.05) is 23.6 Å². The maximum Gasteiger partial charge on any atom is 0.272 e. The number of hydrogen-bond donors (Lipinski definition) is 2. The number of carbonyl (C=O) groups is 1. The van der Waals surface area contributed by atoms with Gasteiger partial charge in [-0.2, -0.15) is 5.10 Å². The van der Waals surface area contributed by atoms with Gasteiger partial charge in [-0.05, 0) is 44.9 Å². The SMILES string of the molecule is CN1[C@@H]2CCC[C@H]1CC(NC(=O)c1n[nH]c3cc(-c4nccs4)ccc13)C2. The van der Waals surface area contributed by atoms with E-state index < -0.39 is 0 Å². The van der Waals surface area contributed by atoms with Crippen molar-refractivity contribution < 1.29 is 4.79 Å². The van der Waals surface area contributed by atoms with Gasteiger partial charge in [0.2, 0.25) is 0 Å². The fourth-order valence-corrected chi connectivity index (χ4v) is 5.31. The Morgan fingerprint density at radius 3 is 2.85 bits per heavy atom. The van der Waals surface area contributed by atoms with Gasteiger partial charge in [0.25, 0.3) is 5.91 Å². The van der Waals surface area contributed by atoms with Crippen molar-refractivity contribution in [2.75, 3.05) is 7.05 Å². The summed E-state index contributed by atoms with van der Waals surface area (Å²) < 4.78 is 0. The number of amides is 1. The molecule has 1 unspecified atom stereocenters. The first-order valence-corrected chi connectivity index (χ1v) is 10.5. The minimum atomic E-state index is -0.0733. The van der Waals surface area contributed by atoms with Crippen LogP contribution in [-0.4, -0.2) is 51.2 Å². The number of benzene rings is 1. The molecule has 3 aromatic rings. The molecule has 2 aliphatic rings. The van der Waals surface area contributed by atoms with Crippen LogP contribution in [0.3, 0.4) is 0 Å². The minimum Gasteiger partial charge on any atom is -0.348 e. The van der Waals surface area contributed by atoms with E-state index >= 15 is 0 Å². The summed E-state index contributed by atoms with van der Waals surface area (Å²) in [5.74, 6) is -0.0733. The number of thiazole rings is 1. The van der Waals surface area contributed by atoms with Crippen LogP contribution in [0.2, 0.25) is 0 Å². The molecule has 1 amide bonds. The fourth-order valence-electron chi connectivity index (χ4n) is 4.68. The number of carbonyl (C=O) groups excluding carboxylic acids is 1. The lowest BCUT2D eigenvalue weighted by atomic mass is 9.82. The van der Waals surface area contributed by atoms with Crippen LogP contribution in [0.5, 0.6) is 0 Å². The zero-order valence-electron chi connectivity index (χ0n) is 15.3. The van der Waals surface area contributed by atoms with Crippen molar-refractivity contribution in [3.05, 3.63) is 35.5 Å². The zero-order chi connectivity index (χ0) is 18.4. The van der Waals surface area contributed by atoms with Gasteiger partial charge in [0.15, 0.2) is 5.69 Å². The third-order valence-electron chi connectivity index (χ3n) is 6.13. The highest BCUT2D eigenvalue weighted by Crippen LogP contribution is 2.33. The summed E-state index contributed by atoms with van der Waals surface area (Å²) in [5, 5.41) is 14.4. The quantitative estimate of drug-likeness (QED) is 0.729. The summed E-state index contributed by atoms with van der Waals surface area (Å²) in [7, 11) is 2.23. The van der Waals surface area contributed by atoms with Gasteiger partial charge in [-0.25, -0.2) is 4.98 Å². The predicted octanol–water partition coefficient (Wildman–Crippen LogP) is 3.43. The van der Waals surface area contributed by atoms with Crippen molar-refractivity contribution in [1.29, 1.82) is 0 Å². The smallest absolute Gasteiger partial charge is 0.272 e. The second-order valence-corrected chi connectivity index (χ2v) is 8.61. The van der Waals surface area contributed by atoms with Crippen LogP contribution in [0.15, 0.2) is 29.8 Å². The highest BCUT2D eigenvalue weighted by atomic mass is 32.1. The van der Waals surface area contributed by atoms with Crippen molar-refractivity contribution >= 4 is 28.1 Å². The molecule has 0 aliphatic carbocycles. The zero-order valence-corrected chi connectivity index (χ0v) is 16.1. The lowest BCUT2D eigenvalue weighted by molar-refractivity contribution is 0.0462. The Morgan fingerprint density at radius 1 is 1.30 bits per heavy atom. The Kier molecular flexibility index (Phi) is 4.21. The van der Waals surface area contributed by atoms with E-state index in [2.05, 4.69) is 32.4 Å². The topological polar surface area (TPSA) is 73.9 Å². The molecule has 2 N–H and O–H groups in total. The molecule has 2 saturated heterocycles. The Hall–Kier alpha value is -2.25. The summed E-state index contributed by atoms with van der Waals surface area (Å²) in [6, 6.07) is 7.42. The number of aromatic nitrogens is 3. The predicted molar refractivity (Wildman–Crippen MR) is 107 cm³/mol. The molecule has 2 fully saturated rings. The summed E-state index contributed by atoms with van der Waals surface area (Å²) in [4.78, 5) is 19.7. The average Bonchev–Trinajstić information content (AvgIpc) is 3.31. The van der Waals surface area contributed by atoms with Gasteiger partial charge in [-0.3, -0.25) is 9.89 Å². The lowest BCUT2D eigenvalue weighted by Gasteiger charge is -2.47. The van der Waals surface area contributed by atoms with Crippen LogP contribution in [-0.2, 0) is 0 Å². The van der Waals surface area contributed by atoms with Gasteiger partial charge >= 0.3 is 0 Å². The Morgan fingerprint density at radius 2 is 2.11 bits per heavy atom. The van der Waals surface area contributed by atoms with Gasteiger partial charge in [0, 0.05) is 40.7 Å². The van der Waals surface area contributed by atoms with Gasteiger partial charge in [0.1, 0.15) is 5.01 Å². The minimum absolute atomic E-state index is 0.0733. The fraction of sp³-hybridized carbons (Fsp3) is 0.450. The maximum atomic E-state index is 12.9. The van der Waals surface area contributed by atoms with Crippen LogP contribution in [0, 0.1) is 0 Å². The second kappa shape index (κ2) is 6.73. The van der Waals surface area contributed by atoms with Crippen LogP contribution in [0.25, 0.3) is 21.5 Å². The van der Waals surface area contributed by atoms with Gasteiger partial charge in [-0.15, -0.1) is 11.3 Å². The molecular formula is C20H23N5OS. The van der Waals surface area contributed by atoms with E-state index in [-0.39, 0.29) is 11.9 Å². The van der Waals surface area contributed by atoms with Crippen LogP contribution < -0.4 is 5.32 Å². The molecule has 0 spiro atoms. The van der Waals surface area contributed by atoms with E-state index in [1.165, 1.54) is 19.3 Å². The first-order chi connectivity index (χ1) is 13.2. The van der Waals surface area contributed by atoms with Crippen LogP contribution in [0.1, 0.15) is 42.6 Å². The highest BCUT2D eigenvalue weighted by molar-refractivity contribution is 7.13. The van der Waals surface area contributed by atoms with Crippen molar-refractivity contribution in [2.45, 2.75) is 50.2 Å². The molecule has 2 bridgehead atoms. The molecule has 2 aliphatic heterocycles. The summed E-state index contributed by atoms with van der Waals surface area (Å²) in [5.41, 5.74) is 2.39. The molecule has 6 nitrogen and oxygen atoms in total. The van der Waals surface area contributed by atoms with Gasteiger partial charge in [-0.1, -0.05) is 12.5 Å². The number of H-pyrrole nitrogens is 1. The molecule has 27 heavy (non-hydrogen) atoms. The van der Waals surface area contributed by atoms with Crippen LogP contribution in [0.4, 0.5) is 0 Å². The third kappa shape index (κ3) is 3.04. The monoisotopic (exact) mass is 381 g/mol. The molecule has 0 radical (unpaired) electrons. The Bertz CT molecular complexity index is 952. The van der Waals surface area contributed by atoms with Crippen molar-refractivity contribution in [2.24, 2.45) is 0 Å². The number of nitrogens with zero attached hydrogens (tertiary/aromatic N) is 3. The standard InChI is InChI=1S/C20H23N5OS/c1-25-14-3-2-4-15(25)11-13(10-14)22-19(26)18-16-6-5-12(9-17(16)23-24-18)20-21-7-8-27-20/h5-9,13-15H,2-4,10-11H2,1H3,(H,22,26)(H,23,24)/t13?,14-,15+. The first-order valence-electron chi connectivity index (χ1n) is 9.60. The van der Waals surface area contributed by atoms with Crippen LogP contribution >= 0.6 is 11.3 Å². The van der Waals surface area contributed by atoms with Gasteiger partial charge < -0.3 is 10.2 Å². The average molecular weight is 382 g/mol. The summed E-state index contributed by atoms with van der Waals surface area (Å²) in [6.07, 6.45) is 7.66.